The first-order valence-corrected chi connectivity index (χ1v) is 10.0. The van der Waals surface area contributed by atoms with Crippen molar-refractivity contribution in [1.82, 2.24) is 0 Å². The van der Waals surface area contributed by atoms with Crippen LogP contribution in [0, 0.1) is 0 Å². The van der Waals surface area contributed by atoms with Gasteiger partial charge in [0, 0.05) is 6.42 Å². The second-order valence-electron chi connectivity index (χ2n) is 8.24. The van der Waals surface area contributed by atoms with Crippen LogP contribution in [0.1, 0.15) is 58.9 Å². The molecule has 2 atom stereocenters. The Morgan fingerprint density at radius 3 is 2.71 bits per heavy atom. The lowest BCUT2D eigenvalue weighted by Gasteiger charge is -2.38. The van der Waals surface area contributed by atoms with Gasteiger partial charge in [-0.1, -0.05) is 35.4 Å². The highest BCUT2D eigenvalue weighted by Crippen LogP contribution is 2.36. The third-order valence-corrected chi connectivity index (χ3v) is 5.51. The Bertz CT molecular complexity index is 962. The molecule has 0 fully saturated rings. The molecule has 28 heavy (non-hydrogen) atoms. The molecule has 0 unspecified atom stereocenters. The molecular weight excluding hydrogens is 352 g/mol. The summed E-state index contributed by atoms with van der Waals surface area (Å²) >= 11 is 0. The van der Waals surface area contributed by atoms with Gasteiger partial charge in [-0.15, -0.1) is 0 Å². The molecule has 0 saturated carbocycles. The molecular formula is C24H30O4. The molecule has 1 aromatic heterocycles. The molecule has 4 heteroatoms. The van der Waals surface area contributed by atoms with E-state index in [1.54, 1.807) is 12.1 Å². The summed E-state index contributed by atoms with van der Waals surface area (Å²) in [4.78, 5) is 12.7. The average molecular weight is 383 g/mol. The lowest BCUT2D eigenvalue weighted by atomic mass is 9.86. The van der Waals surface area contributed by atoms with Crippen LogP contribution in [-0.2, 0) is 6.42 Å². The number of hydrogen-bond donors (Lipinski definition) is 1. The third kappa shape index (κ3) is 4.39. The normalized spacial score (nSPS) is 21.9. The van der Waals surface area contributed by atoms with Crippen molar-refractivity contribution in [2.75, 3.05) is 0 Å². The van der Waals surface area contributed by atoms with Crippen molar-refractivity contribution in [3.05, 3.63) is 63.4 Å². The molecule has 0 aliphatic carbocycles. The molecule has 0 radical (unpaired) electrons. The minimum atomic E-state index is -0.776. The zero-order chi connectivity index (χ0) is 20.3. The molecule has 0 bridgehead atoms. The Balaban J connectivity index is 1.73. The SMILES string of the molecule is CC(C)=CCCC(C)=CCC[C@]1(C)Oc2oc3ccccc3c(=O)c2C[C@@H]1O. The van der Waals surface area contributed by atoms with Gasteiger partial charge < -0.3 is 14.3 Å². The van der Waals surface area contributed by atoms with Crippen LogP contribution in [-0.4, -0.2) is 16.8 Å². The number of rotatable bonds is 6. The number of fused-ring (bicyclic) bond motifs is 2. The van der Waals surface area contributed by atoms with Crippen LogP contribution in [0.3, 0.4) is 0 Å². The number of para-hydroxylation sites is 1. The predicted octanol–water partition coefficient (Wildman–Crippen LogP) is 5.32. The van der Waals surface area contributed by atoms with Crippen LogP contribution < -0.4 is 10.2 Å². The Morgan fingerprint density at radius 2 is 1.96 bits per heavy atom. The lowest BCUT2D eigenvalue weighted by molar-refractivity contribution is -0.0726. The fraction of sp³-hybridized carbons (Fsp3) is 0.458. The van der Waals surface area contributed by atoms with Crippen molar-refractivity contribution < 1.29 is 14.3 Å². The largest absolute Gasteiger partial charge is 0.456 e. The van der Waals surface area contributed by atoms with Crippen LogP contribution >= 0.6 is 0 Å². The number of hydrogen-bond acceptors (Lipinski definition) is 4. The van der Waals surface area contributed by atoms with Crippen LogP contribution in [0.5, 0.6) is 5.95 Å². The van der Waals surface area contributed by atoms with Gasteiger partial charge in [0.15, 0.2) is 5.43 Å². The number of allylic oxidation sites excluding steroid dienone is 4. The molecule has 2 heterocycles. The first-order chi connectivity index (χ1) is 13.3. The predicted molar refractivity (Wildman–Crippen MR) is 113 cm³/mol. The van der Waals surface area contributed by atoms with Crippen molar-refractivity contribution >= 4 is 11.0 Å². The number of aliphatic hydroxyl groups is 1. The molecule has 150 valence electrons. The summed E-state index contributed by atoms with van der Waals surface area (Å²) in [6, 6.07) is 7.14. The van der Waals surface area contributed by atoms with Gasteiger partial charge in [-0.3, -0.25) is 4.79 Å². The molecule has 0 saturated heterocycles. The van der Waals surface area contributed by atoms with Crippen LogP contribution in [0.15, 0.2) is 56.8 Å². The minimum absolute atomic E-state index is 0.118. The first kappa shape index (κ1) is 20.4. The summed E-state index contributed by atoms with van der Waals surface area (Å²) in [6.45, 7) is 8.25. The number of ether oxygens (including phenoxy) is 1. The van der Waals surface area contributed by atoms with E-state index in [9.17, 15) is 9.90 Å². The molecule has 4 nitrogen and oxygen atoms in total. The molecule has 3 rings (SSSR count). The first-order valence-electron chi connectivity index (χ1n) is 10.0. The Kier molecular flexibility index (Phi) is 6.09. The highest BCUT2D eigenvalue weighted by Gasteiger charge is 2.42. The van der Waals surface area contributed by atoms with Gasteiger partial charge in [0.05, 0.1) is 17.1 Å². The van der Waals surface area contributed by atoms with Crippen LogP contribution in [0.25, 0.3) is 11.0 Å². The quantitative estimate of drug-likeness (QED) is 0.687. The molecule has 1 aliphatic heterocycles. The lowest BCUT2D eigenvalue weighted by Crippen LogP contribution is -2.50. The van der Waals surface area contributed by atoms with E-state index < -0.39 is 11.7 Å². The third-order valence-electron chi connectivity index (χ3n) is 5.51. The van der Waals surface area contributed by atoms with E-state index in [4.69, 9.17) is 9.15 Å². The fourth-order valence-electron chi connectivity index (χ4n) is 3.62. The fourth-order valence-corrected chi connectivity index (χ4v) is 3.62. The van der Waals surface area contributed by atoms with E-state index in [1.165, 1.54) is 11.1 Å². The van der Waals surface area contributed by atoms with Crippen molar-refractivity contribution in [3.63, 3.8) is 0 Å². The average Bonchev–Trinajstić information content (AvgIpc) is 2.63. The van der Waals surface area contributed by atoms with E-state index in [0.29, 0.717) is 23.0 Å². The Hall–Kier alpha value is -2.33. The maximum absolute atomic E-state index is 12.7. The second kappa shape index (κ2) is 8.36. The molecule has 2 aromatic rings. The van der Waals surface area contributed by atoms with Gasteiger partial charge in [0.1, 0.15) is 11.2 Å². The summed E-state index contributed by atoms with van der Waals surface area (Å²) in [6.07, 6.45) is 7.51. The van der Waals surface area contributed by atoms with Gasteiger partial charge >= 0.3 is 0 Å². The smallest absolute Gasteiger partial charge is 0.292 e. The summed E-state index contributed by atoms with van der Waals surface area (Å²) < 4.78 is 11.9. The maximum atomic E-state index is 12.7. The van der Waals surface area contributed by atoms with Crippen LogP contribution in [0.2, 0.25) is 0 Å². The standard InChI is InChI=1S/C24H30O4/c1-16(2)9-7-10-17(3)11-8-14-24(4)21(25)15-19-22(26)18-12-5-6-13-20(18)27-23(19)28-24/h5-6,9,11-13,21,25H,7-8,10,14-15H2,1-4H3/t21-,24-/m0/s1. The summed E-state index contributed by atoms with van der Waals surface area (Å²) in [5, 5.41) is 11.2. The molecule has 1 aliphatic rings. The Labute approximate surface area is 166 Å². The van der Waals surface area contributed by atoms with E-state index in [2.05, 4.69) is 32.9 Å². The summed E-state index contributed by atoms with van der Waals surface area (Å²) in [7, 11) is 0. The highest BCUT2D eigenvalue weighted by atomic mass is 16.6. The topological polar surface area (TPSA) is 59.7 Å². The molecule has 1 aromatic carbocycles. The van der Waals surface area contributed by atoms with E-state index in [1.807, 2.05) is 19.1 Å². The van der Waals surface area contributed by atoms with Gasteiger partial charge in [-0.2, -0.15) is 0 Å². The van der Waals surface area contributed by atoms with Gasteiger partial charge in [0.2, 0.25) is 0 Å². The second-order valence-corrected chi connectivity index (χ2v) is 8.24. The number of benzene rings is 1. The van der Waals surface area contributed by atoms with Crippen molar-refractivity contribution in [2.24, 2.45) is 0 Å². The molecule has 1 N–H and O–H groups in total. The summed E-state index contributed by atoms with van der Waals surface area (Å²) in [5.74, 6) is 0.251. The molecule has 0 amide bonds. The maximum Gasteiger partial charge on any atom is 0.292 e. The van der Waals surface area contributed by atoms with E-state index in [0.717, 1.165) is 19.3 Å². The van der Waals surface area contributed by atoms with Crippen LogP contribution in [0.4, 0.5) is 0 Å². The zero-order valence-corrected chi connectivity index (χ0v) is 17.2. The van der Waals surface area contributed by atoms with Gasteiger partial charge in [-0.05, 0) is 65.5 Å². The van der Waals surface area contributed by atoms with Gasteiger partial charge in [0.25, 0.3) is 5.95 Å². The minimum Gasteiger partial charge on any atom is -0.456 e. The van der Waals surface area contributed by atoms with Crippen molar-refractivity contribution in [1.29, 1.82) is 0 Å². The summed E-state index contributed by atoms with van der Waals surface area (Å²) in [5.41, 5.74) is 2.73. The Morgan fingerprint density at radius 1 is 1.21 bits per heavy atom. The van der Waals surface area contributed by atoms with Crippen molar-refractivity contribution in [3.8, 4) is 5.95 Å². The highest BCUT2D eigenvalue weighted by molar-refractivity contribution is 5.77. The molecule has 0 spiro atoms. The zero-order valence-electron chi connectivity index (χ0n) is 17.2. The van der Waals surface area contributed by atoms with E-state index >= 15 is 0 Å². The monoisotopic (exact) mass is 382 g/mol. The van der Waals surface area contributed by atoms with Gasteiger partial charge in [-0.25, -0.2) is 0 Å². The number of aliphatic hydroxyl groups excluding tert-OH is 1. The van der Waals surface area contributed by atoms with E-state index in [-0.39, 0.29) is 17.8 Å². The van der Waals surface area contributed by atoms with Crippen molar-refractivity contribution in [2.45, 2.75) is 71.5 Å².